The van der Waals surface area contributed by atoms with Gasteiger partial charge in [0.05, 0.1) is 31.6 Å². The molecule has 1 aliphatic heterocycles. The summed E-state index contributed by atoms with van der Waals surface area (Å²) in [6, 6.07) is -0.106. The van der Waals surface area contributed by atoms with Crippen LogP contribution < -0.4 is 5.32 Å². The Kier molecular flexibility index (Phi) is 5.10. The van der Waals surface area contributed by atoms with E-state index in [0.717, 1.165) is 18.5 Å². The van der Waals surface area contributed by atoms with Crippen molar-refractivity contribution in [2.75, 3.05) is 26.8 Å². The van der Waals surface area contributed by atoms with Gasteiger partial charge < -0.3 is 20.1 Å². The smallest absolute Gasteiger partial charge is 0.317 e. The number of hydrogen-bond donors (Lipinski definition) is 2. The summed E-state index contributed by atoms with van der Waals surface area (Å²) < 4.78 is 7.32. The first-order chi connectivity index (χ1) is 11.6. The Morgan fingerprint density at radius 1 is 1.50 bits per heavy atom. The van der Waals surface area contributed by atoms with Gasteiger partial charge in [0.25, 0.3) is 0 Å². The number of amides is 2. The molecule has 1 aromatic rings. The summed E-state index contributed by atoms with van der Waals surface area (Å²) in [5.41, 5.74) is 1.73. The minimum atomic E-state index is -0.626. The molecule has 134 valence electrons. The second-order valence-electron chi connectivity index (χ2n) is 7.03. The first-order valence-corrected chi connectivity index (χ1v) is 8.78. The van der Waals surface area contributed by atoms with Gasteiger partial charge in [-0.05, 0) is 37.2 Å². The van der Waals surface area contributed by atoms with E-state index >= 15 is 0 Å². The molecule has 2 amide bonds. The number of carbonyl (C=O) groups is 1. The molecule has 1 aromatic heterocycles. The minimum absolute atomic E-state index is 0.0686. The molecule has 7 nitrogen and oxygen atoms in total. The molecular formula is C17H28N4O3. The molecule has 0 aromatic carbocycles. The van der Waals surface area contributed by atoms with Crippen molar-refractivity contribution in [3.8, 4) is 0 Å². The first-order valence-electron chi connectivity index (χ1n) is 8.78. The SMILES string of the molecule is COC1(CO)CCCN(C(=O)NCc2c(C3CCC3)cnn2C)C1. The number of aromatic nitrogens is 2. The lowest BCUT2D eigenvalue weighted by molar-refractivity contribution is -0.0866. The number of aryl methyl sites for hydroxylation is 1. The molecular weight excluding hydrogens is 308 g/mol. The van der Waals surface area contributed by atoms with Gasteiger partial charge in [-0.2, -0.15) is 5.10 Å². The van der Waals surface area contributed by atoms with Crippen LogP contribution in [0.25, 0.3) is 0 Å². The van der Waals surface area contributed by atoms with Crippen molar-refractivity contribution in [3.05, 3.63) is 17.5 Å². The third-order valence-electron chi connectivity index (χ3n) is 5.59. The van der Waals surface area contributed by atoms with Gasteiger partial charge in [0.1, 0.15) is 5.60 Å². The van der Waals surface area contributed by atoms with Crippen molar-refractivity contribution in [3.63, 3.8) is 0 Å². The molecule has 24 heavy (non-hydrogen) atoms. The summed E-state index contributed by atoms with van der Waals surface area (Å²) in [6.07, 6.45) is 7.25. The predicted octanol–water partition coefficient (Wildman–Crippen LogP) is 1.37. The standard InChI is InChI=1S/C17H28N4O3/c1-20-15(14(9-19-20)13-5-3-6-13)10-18-16(23)21-8-4-7-17(11-21,12-22)24-2/h9,13,22H,3-8,10-12H2,1-2H3,(H,18,23). The number of nitrogens with one attached hydrogen (secondary N) is 1. The topological polar surface area (TPSA) is 79.6 Å². The van der Waals surface area contributed by atoms with Crippen molar-refractivity contribution in [1.82, 2.24) is 20.0 Å². The van der Waals surface area contributed by atoms with Gasteiger partial charge in [-0.15, -0.1) is 0 Å². The van der Waals surface area contributed by atoms with Crippen LogP contribution in [0.1, 0.15) is 49.3 Å². The van der Waals surface area contributed by atoms with Crippen LogP contribution in [0.5, 0.6) is 0 Å². The lowest BCUT2D eigenvalue weighted by Gasteiger charge is -2.40. The Morgan fingerprint density at radius 2 is 2.29 bits per heavy atom. The van der Waals surface area contributed by atoms with Gasteiger partial charge in [0, 0.05) is 20.7 Å². The van der Waals surface area contributed by atoms with Crippen molar-refractivity contribution in [2.24, 2.45) is 7.05 Å². The number of rotatable bonds is 5. The van der Waals surface area contributed by atoms with Gasteiger partial charge in [0.15, 0.2) is 0 Å². The van der Waals surface area contributed by atoms with E-state index < -0.39 is 5.60 Å². The Hall–Kier alpha value is -1.60. The van der Waals surface area contributed by atoms with Gasteiger partial charge in [-0.1, -0.05) is 6.42 Å². The highest BCUT2D eigenvalue weighted by Crippen LogP contribution is 2.37. The molecule has 1 atom stereocenters. The molecule has 0 spiro atoms. The van der Waals surface area contributed by atoms with E-state index in [1.54, 1.807) is 12.0 Å². The monoisotopic (exact) mass is 336 g/mol. The van der Waals surface area contributed by atoms with E-state index in [2.05, 4.69) is 10.4 Å². The van der Waals surface area contributed by atoms with Gasteiger partial charge >= 0.3 is 6.03 Å². The average Bonchev–Trinajstić information content (AvgIpc) is 2.91. The number of piperidine rings is 1. The maximum Gasteiger partial charge on any atom is 0.317 e. The van der Waals surface area contributed by atoms with Crippen LogP contribution in [0.3, 0.4) is 0 Å². The maximum absolute atomic E-state index is 12.5. The molecule has 2 heterocycles. The number of hydrogen-bond acceptors (Lipinski definition) is 4. The van der Waals surface area contributed by atoms with Gasteiger partial charge in [-0.25, -0.2) is 4.79 Å². The van der Waals surface area contributed by atoms with Crippen molar-refractivity contribution >= 4 is 6.03 Å². The van der Waals surface area contributed by atoms with Crippen molar-refractivity contribution < 1.29 is 14.6 Å². The lowest BCUT2D eigenvalue weighted by Crippen LogP contribution is -2.55. The summed E-state index contributed by atoms with van der Waals surface area (Å²) in [6.45, 7) is 1.53. The first kappa shape index (κ1) is 17.2. The highest BCUT2D eigenvalue weighted by molar-refractivity contribution is 5.74. The molecule has 2 aliphatic rings. The molecule has 0 radical (unpaired) electrons. The summed E-state index contributed by atoms with van der Waals surface area (Å²) in [5, 5.41) is 17.0. The van der Waals surface area contributed by atoms with Gasteiger partial charge in [0.2, 0.25) is 0 Å². The Labute approximate surface area is 143 Å². The third kappa shape index (κ3) is 3.28. The van der Waals surface area contributed by atoms with E-state index in [4.69, 9.17) is 4.74 Å². The molecule has 7 heteroatoms. The number of aliphatic hydroxyl groups is 1. The molecule has 1 unspecified atom stereocenters. The van der Waals surface area contributed by atoms with E-state index in [1.165, 1.54) is 24.8 Å². The van der Waals surface area contributed by atoms with E-state index in [1.807, 2.05) is 17.9 Å². The number of aliphatic hydroxyl groups excluding tert-OH is 1. The molecule has 0 bridgehead atoms. The Morgan fingerprint density at radius 3 is 2.92 bits per heavy atom. The fourth-order valence-corrected chi connectivity index (χ4v) is 3.66. The van der Waals surface area contributed by atoms with Crippen LogP contribution in [-0.2, 0) is 18.3 Å². The molecule has 1 saturated carbocycles. The molecule has 2 N–H and O–H groups in total. The number of likely N-dealkylation sites (tertiary alicyclic amines) is 1. The molecule has 1 saturated heterocycles. The normalized spacial score (nSPS) is 24.7. The predicted molar refractivity (Wildman–Crippen MR) is 89.7 cm³/mol. The number of carbonyl (C=O) groups excluding carboxylic acids is 1. The zero-order chi connectivity index (χ0) is 17.2. The Balaban J connectivity index is 1.60. The average molecular weight is 336 g/mol. The second kappa shape index (κ2) is 7.11. The number of urea groups is 1. The zero-order valence-electron chi connectivity index (χ0n) is 14.6. The largest absolute Gasteiger partial charge is 0.393 e. The summed E-state index contributed by atoms with van der Waals surface area (Å²) >= 11 is 0. The number of nitrogens with zero attached hydrogens (tertiary/aromatic N) is 3. The summed E-state index contributed by atoms with van der Waals surface area (Å²) in [7, 11) is 3.52. The number of methoxy groups -OCH3 is 1. The minimum Gasteiger partial charge on any atom is -0.393 e. The quantitative estimate of drug-likeness (QED) is 0.851. The second-order valence-corrected chi connectivity index (χ2v) is 7.03. The van der Waals surface area contributed by atoms with Crippen LogP contribution in [0, 0.1) is 0 Å². The number of ether oxygens (including phenoxy) is 1. The van der Waals surface area contributed by atoms with Crippen LogP contribution >= 0.6 is 0 Å². The van der Waals surface area contributed by atoms with Gasteiger partial charge in [-0.3, -0.25) is 4.68 Å². The fourth-order valence-electron chi connectivity index (χ4n) is 3.66. The van der Waals surface area contributed by atoms with Crippen molar-refractivity contribution in [2.45, 2.75) is 50.2 Å². The van der Waals surface area contributed by atoms with Crippen LogP contribution in [0.4, 0.5) is 4.79 Å². The fraction of sp³-hybridized carbons (Fsp3) is 0.765. The summed E-state index contributed by atoms with van der Waals surface area (Å²) in [5.74, 6) is 0.594. The van der Waals surface area contributed by atoms with Crippen molar-refractivity contribution in [1.29, 1.82) is 0 Å². The van der Waals surface area contributed by atoms with Crippen LogP contribution in [0.2, 0.25) is 0 Å². The van der Waals surface area contributed by atoms with E-state index in [9.17, 15) is 9.90 Å². The highest BCUT2D eigenvalue weighted by atomic mass is 16.5. The summed E-state index contributed by atoms with van der Waals surface area (Å²) in [4.78, 5) is 14.3. The molecule has 1 aliphatic carbocycles. The van der Waals surface area contributed by atoms with Crippen LogP contribution in [0.15, 0.2) is 6.20 Å². The lowest BCUT2D eigenvalue weighted by atomic mass is 9.80. The zero-order valence-corrected chi connectivity index (χ0v) is 14.6. The van der Waals surface area contributed by atoms with Crippen LogP contribution in [-0.4, -0.2) is 58.2 Å². The maximum atomic E-state index is 12.5. The molecule has 3 rings (SSSR count). The van der Waals surface area contributed by atoms with E-state index in [-0.39, 0.29) is 12.6 Å². The van der Waals surface area contributed by atoms with E-state index in [0.29, 0.717) is 25.6 Å². The molecule has 2 fully saturated rings. The Bertz CT molecular complexity index is 578. The highest BCUT2D eigenvalue weighted by Gasteiger charge is 2.37. The third-order valence-corrected chi connectivity index (χ3v) is 5.59.